The van der Waals surface area contributed by atoms with Gasteiger partial charge in [-0.05, 0) is 54.3 Å². The number of hydrogen-bond acceptors (Lipinski definition) is 4. The van der Waals surface area contributed by atoms with E-state index < -0.39 is 0 Å². The van der Waals surface area contributed by atoms with Crippen molar-refractivity contribution >= 4 is 33.4 Å². The third kappa shape index (κ3) is 3.83. The second kappa shape index (κ2) is 8.90. The van der Waals surface area contributed by atoms with Gasteiger partial charge in [-0.25, -0.2) is 4.98 Å². The van der Waals surface area contributed by atoms with Crippen LogP contribution in [0.15, 0.2) is 85.2 Å². The van der Waals surface area contributed by atoms with Crippen LogP contribution in [0, 0.1) is 0 Å². The number of ether oxygens (including phenoxy) is 2. The van der Waals surface area contributed by atoms with Gasteiger partial charge < -0.3 is 19.4 Å². The van der Waals surface area contributed by atoms with E-state index in [-0.39, 0.29) is 11.9 Å². The zero-order chi connectivity index (χ0) is 23.7. The lowest BCUT2D eigenvalue weighted by molar-refractivity contribution is 0.102. The summed E-state index contributed by atoms with van der Waals surface area (Å²) in [7, 11) is 3.18. The van der Waals surface area contributed by atoms with Crippen LogP contribution in [0.1, 0.15) is 28.9 Å². The van der Waals surface area contributed by atoms with E-state index in [1.165, 1.54) is 5.56 Å². The fraction of sp³-hybridized carbons (Fsp3) is 0.143. The highest BCUT2D eigenvalue weighted by atomic mass is 16.5. The number of benzene rings is 4. The van der Waals surface area contributed by atoms with Crippen molar-refractivity contribution in [1.82, 2.24) is 9.55 Å². The summed E-state index contributed by atoms with van der Waals surface area (Å²) >= 11 is 0. The quantitative estimate of drug-likeness (QED) is 0.340. The molecule has 0 fully saturated rings. The monoisotopic (exact) mass is 451 g/mol. The Balaban J connectivity index is 1.44. The number of nitrogens with one attached hydrogen (secondary N) is 1. The molecule has 0 spiro atoms. The smallest absolute Gasteiger partial charge is 0.259 e. The lowest BCUT2D eigenvalue weighted by Gasteiger charge is -2.15. The van der Waals surface area contributed by atoms with Gasteiger partial charge in [0.1, 0.15) is 11.5 Å². The van der Waals surface area contributed by atoms with E-state index in [2.05, 4.69) is 33.9 Å². The average molecular weight is 452 g/mol. The Morgan fingerprint density at radius 2 is 1.71 bits per heavy atom. The summed E-state index contributed by atoms with van der Waals surface area (Å²) in [5.41, 5.74) is 4.15. The van der Waals surface area contributed by atoms with Crippen LogP contribution < -0.4 is 14.8 Å². The number of imidazole rings is 1. The maximum absolute atomic E-state index is 13.2. The molecule has 5 aromatic rings. The Kier molecular flexibility index (Phi) is 5.64. The van der Waals surface area contributed by atoms with E-state index in [1.807, 2.05) is 73.1 Å². The molecule has 1 atom stereocenters. The number of amides is 1. The molecule has 4 aromatic carbocycles. The standard InChI is InChI=1S/C28H25N3O3/c1-18(19-8-5-4-6-9-19)31-17-29-24-15-21(12-13-25(24)31)30-28(32)23-14-20-10-7-11-26(33-2)22(20)16-27(23)34-3/h4-18H,1-3H3,(H,30,32)/t18-/m1/s1. The second-order valence-corrected chi connectivity index (χ2v) is 8.13. The summed E-state index contributed by atoms with van der Waals surface area (Å²) < 4.78 is 13.1. The number of carbonyl (C=O) groups is 1. The molecule has 6 nitrogen and oxygen atoms in total. The molecule has 1 heterocycles. The number of methoxy groups -OCH3 is 2. The zero-order valence-electron chi connectivity index (χ0n) is 19.3. The van der Waals surface area contributed by atoms with Gasteiger partial charge in [-0.3, -0.25) is 4.79 Å². The first-order chi connectivity index (χ1) is 16.6. The van der Waals surface area contributed by atoms with Crippen LogP contribution in [0.5, 0.6) is 11.5 Å². The first kappa shape index (κ1) is 21.5. The molecule has 1 N–H and O–H groups in total. The molecule has 34 heavy (non-hydrogen) atoms. The highest BCUT2D eigenvalue weighted by molar-refractivity contribution is 6.09. The minimum atomic E-state index is -0.252. The Labute approximate surface area is 197 Å². The van der Waals surface area contributed by atoms with Crippen LogP contribution in [-0.2, 0) is 0 Å². The van der Waals surface area contributed by atoms with Crippen molar-refractivity contribution in [2.45, 2.75) is 13.0 Å². The number of hydrogen-bond donors (Lipinski definition) is 1. The number of anilines is 1. The van der Waals surface area contributed by atoms with Gasteiger partial charge in [0.2, 0.25) is 0 Å². The predicted octanol–water partition coefficient (Wildman–Crippen LogP) is 6.07. The van der Waals surface area contributed by atoms with E-state index in [0.29, 0.717) is 17.0 Å². The Bertz CT molecular complexity index is 1490. The van der Waals surface area contributed by atoms with Crippen molar-refractivity contribution in [1.29, 1.82) is 0 Å². The molecule has 0 radical (unpaired) electrons. The maximum Gasteiger partial charge on any atom is 0.259 e. The number of rotatable bonds is 6. The first-order valence-electron chi connectivity index (χ1n) is 11.1. The first-order valence-corrected chi connectivity index (χ1v) is 11.1. The Hall–Kier alpha value is -4.32. The van der Waals surface area contributed by atoms with Crippen LogP contribution in [-0.4, -0.2) is 29.7 Å². The number of nitrogens with zero attached hydrogens (tertiary/aromatic N) is 2. The summed E-state index contributed by atoms with van der Waals surface area (Å²) in [6.45, 7) is 2.15. The summed E-state index contributed by atoms with van der Waals surface area (Å²) in [6, 6.07) is 25.6. The summed E-state index contributed by atoms with van der Waals surface area (Å²) in [6.07, 6.45) is 1.84. The second-order valence-electron chi connectivity index (χ2n) is 8.13. The van der Waals surface area contributed by atoms with Gasteiger partial charge >= 0.3 is 0 Å². The number of fused-ring (bicyclic) bond motifs is 2. The van der Waals surface area contributed by atoms with Gasteiger partial charge in [0.05, 0.1) is 43.2 Å². The van der Waals surface area contributed by atoms with Crippen molar-refractivity contribution in [3.05, 3.63) is 96.3 Å². The van der Waals surface area contributed by atoms with E-state index in [1.54, 1.807) is 14.2 Å². The van der Waals surface area contributed by atoms with Crippen molar-refractivity contribution in [3.8, 4) is 11.5 Å². The highest BCUT2D eigenvalue weighted by Gasteiger charge is 2.17. The van der Waals surface area contributed by atoms with Crippen LogP contribution in [0.2, 0.25) is 0 Å². The lowest BCUT2D eigenvalue weighted by atomic mass is 10.0. The van der Waals surface area contributed by atoms with E-state index in [0.717, 1.165) is 27.6 Å². The molecule has 6 heteroatoms. The van der Waals surface area contributed by atoms with Gasteiger partial charge in [-0.15, -0.1) is 0 Å². The molecule has 5 rings (SSSR count). The highest BCUT2D eigenvalue weighted by Crippen LogP contribution is 2.33. The SMILES string of the molecule is COc1cc2c(OC)cccc2cc1C(=O)Nc1ccc2c(c1)ncn2[C@H](C)c1ccccc1. The largest absolute Gasteiger partial charge is 0.496 e. The molecule has 1 aromatic heterocycles. The van der Waals surface area contributed by atoms with E-state index >= 15 is 0 Å². The fourth-order valence-corrected chi connectivity index (χ4v) is 4.31. The minimum absolute atomic E-state index is 0.144. The summed E-state index contributed by atoms with van der Waals surface area (Å²) in [5.74, 6) is 0.961. The van der Waals surface area contributed by atoms with E-state index in [9.17, 15) is 4.79 Å². The predicted molar refractivity (Wildman–Crippen MR) is 135 cm³/mol. The van der Waals surface area contributed by atoms with Gasteiger partial charge in [-0.1, -0.05) is 42.5 Å². The maximum atomic E-state index is 13.2. The molecular formula is C28H25N3O3. The van der Waals surface area contributed by atoms with Crippen LogP contribution in [0.4, 0.5) is 5.69 Å². The molecular weight excluding hydrogens is 426 g/mol. The molecule has 0 aliphatic rings. The third-order valence-electron chi connectivity index (χ3n) is 6.16. The molecule has 0 aliphatic heterocycles. The number of carbonyl (C=O) groups excluding carboxylic acids is 1. The Morgan fingerprint density at radius 3 is 2.47 bits per heavy atom. The molecule has 0 aliphatic carbocycles. The van der Waals surface area contributed by atoms with Crippen LogP contribution >= 0.6 is 0 Å². The molecule has 0 bridgehead atoms. The minimum Gasteiger partial charge on any atom is -0.496 e. The van der Waals surface area contributed by atoms with E-state index in [4.69, 9.17) is 9.47 Å². The number of aromatic nitrogens is 2. The Morgan fingerprint density at radius 1 is 0.912 bits per heavy atom. The lowest BCUT2D eigenvalue weighted by Crippen LogP contribution is -2.13. The summed E-state index contributed by atoms with van der Waals surface area (Å²) in [5, 5.41) is 4.77. The van der Waals surface area contributed by atoms with Gasteiger partial charge in [0.25, 0.3) is 5.91 Å². The van der Waals surface area contributed by atoms with Crippen LogP contribution in [0.3, 0.4) is 0 Å². The third-order valence-corrected chi connectivity index (χ3v) is 6.16. The van der Waals surface area contributed by atoms with Crippen LogP contribution in [0.25, 0.3) is 21.8 Å². The normalized spacial score (nSPS) is 12.0. The van der Waals surface area contributed by atoms with Gasteiger partial charge in [0.15, 0.2) is 0 Å². The average Bonchev–Trinajstić information content (AvgIpc) is 3.30. The molecule has 1 amide bonds. The van der Waals surface area contributed by atoms with Crippen molar-refractivity contribution in [2.24, 2.45) is 0 Å². The fourth-order valence-electron chi connectivity index (χ4n) is 4.31. The zero-order valence-corrected chi connectivity index (χ0v) is 19.3. The molecule has 0 saturated heterocycles. The van der Waals surface area contributed by atoms with Gasteiger partial charge in [-0.2, -0.15) is 0 Å². The summed E-state index contributed by atoms with van der Waals surface area (Å²) in [4.78, 5) is 17.8. The topological polar surface area (TPSA) is 65.4 Å². The van der Waals surface area contributed by atoms with Crippen molar-refractivity contribution in [3.63, 3.8) is 0 Å². The van der Waals surface area contributed by atoms with Crippen molar-refractivity contribution < 1.29 is 14.3 Å². The molecule has 170 valence electrons. The van der Waals surface area contributed by atoms with Gasteiger partial charge in [0, 0.05) is 11.1 Å². The molecule has 0 unspecified atom stereocenters. The molecule has 0 saturated carbocycles. The van der Waals surface area contributed by atoms with Crippen molar-refractivity contribution in [2.75, 3.05) is 19.5 Å².